The Hall–Kier alpha value is -1.35. The number of hydrogen-bond acceptors (Lipinski definition) is 3. The maximum Gasteiger partial charge on any atom is 0.168 e. The zero-order chi connectivity index (χ0) is 16.8. The minimum atomic E-state index is -0.236. The molecule has 22 heavy (non-hydrogen) atoms. The zero-order valence-electron chi connectivity index (χ0n) is 13.9. The van der Waals surface area contributed by atoms with Crippen LogP contribution < -0.4 is 5.32 Å². The number of hydrogen-bond donors (Lipinski definition) is 1. The van der Waals surface area contributed by atoms with Crippen molar-refractivity contribution in [2.75, 3.05) is 0 Å². The van der Waals surface area contributed by atoms with Gasteiger partial charge in [-0.05, 0) is 31.3 Å². The minimum absolute atomic E-state index is 0.0400. The second kappa shape index (κ2) is 8.33. The predicted molar refractivity (Wildman–Crippen MR) is 91.7 cm³/mol. The number of nitrogens with one attached hydrogen (secondary N) is 1. The van der Waals surface area contributed by atoms with Crippen LogP contribution in [-0.4, -0.2) is 16.9 Å². The average molecular weight is 324 g/mol. The molecule has 0 aromatic rings. The molecule has 1 atom stereocenters. The third kappa shape index (κ3) is 6.18. The molecule has 0 radical (unpaired) electrons. The number of Topliss-reactive ketones (excluding diaryl/α,β-unsaturated/α-hetero) is 2. The Balaban J connectivity index is 2.85. The highest BCUT2D eigenvalue weighted by Crippen LogP contribution is 2.33. The number of carbonyl (C=O) groups is 2. The molecule has 0 heterocycles. The summed E-state index contributed by atoms with van der Waals surface area (Å²) in [5.74, 6) is -0.170. The van der Waals surface area contributed by atoms with Gasteiger partial charge in [-0.25, -0.2) is 0 Å². The molecule has 3 nitrogen and oxygen atoms in total. The van der Waals surface area contributed by atoms with E-state index in [9.17, 15) is 9.59 Å². The summed E-state index contributed by atoms with van der Waals surface area (Å²) in [6.07, 6.45) is 9.94. The van der Waals surface area contributed by atoms with E-state index in [0.29, 0.717) is 12.8 Å². The lowest BCUT2D eigenvalue weighted by molar-refractivity contribution is -0.127. The maximum atomic E-state index is 12.1. The molecule has 1 N–H and O–H groups in total. The van der Waals surface area contributed by atoms with E-state index >= 15 is 0 Å². The topological polar surface area (TPSA) is 46.2 Å². The fourth-order valence-corrected chi connectivity index (χ4v) is 2.39. The van der Waals surface area contributed by atoms with Crippen LogP contribution in [0.4, 0.5) is 0 Å². The first-order valence-electron chi connectivity index (χ1n) is 7.79. The predicted octanol–water partition coefficient (Wildman–Crippen LogP) is 4.29. The molecule has 1 unspecified atom stereocenters. The first-order chi connectivity index (χ1) is 10.2. The SMILES string of the molecule is CC/C=C\C(=C/CC(C)Cl)NC=C1C(=O)CC(C)(C)CC1=O. The van der Waals surface area contributed by atoms with E-state index in [-0.39, 0.29) is 27.9 Å². The lowest BCUT2D eigenvalue weighted by Gasteiger charge is -2.28. The highest BCUT2D eigenvalue weighted by molar-refractivity contribution is 6.22. The molecular formula is C18H26ClNO2. The molecule has 0 aromatic carbocycles. The minimum Gasteiger partial charge on any atom is -0.361 e. The van der Waals surface area contributed by atoms with Crippen molar-refractivity contribution in [2.45, 2.75) is 58.8 Å². The summed E-state index contributed by atoms with van der Waals surface area (Å²) in [5, 5.41) is 3.12. The Morgan fingerprint density at radius 2 is 1.91 bits per heavy atom. The van der Waals surface area contributed by atoms with Crippen molar-refractivity contribution < 1.29 is 9.59 Å². The Morgan fingerprint density at radius 3 is 2.41 bits per heavy atom. The van der Waals surface area contributed by atoms with Crippen LogP contribution in [0.15, 0.2) is 35.7 Å². The van der Waals surface area contributed by atoms with Crippen molar-refractivity contribution in [3.8, 4) is 0 Å². The van der Waals surface area contributed by atoms with Gasteiger partial charge in [0.1, 0.15) is 0 Å². The van der Waals surface area contributed by atoms with E-state index in [4.69, 9.17) is 11.6 Å². The summed E-state index contributed by atoms with van der Waals surface area (Å²) in [7, 11) is 0. The van der Waals surface area contributed by atoms with Crippen LogP contribution in [0.1, 0.15) is 53.4 Å². The molecule has 1 aliphatic carbocycles. The molecule has 0 bridgehead atoms. The van der Waals surface area contributed by atoms with Crippen molar-refractivity contribution in [2.24, 2.45) is 5.41 Å². The summed E-state index contributed by atoms with van der Waals surface area (Å²) in [5.41, 5.74) is 0.890. The quantitative estimate of drug-likeness (QED) is 0.343. The Morgan fingerprint density at radius 1 is 1.32 bits per heavy atom. The van der Waals surface area contributed by atoms with Gasteiger partial charge in [0.15, 0.2) is 11.6 Å². The largest absolute Gasteiger partial charge is 0.361 e. The van der Waals surface area contributed by atoms with Crippen molar-refractivity contribution in [1.29, 1.82) is 0 Å². The molecular weight excluding hydrogens is 298 g/mol. The Bertz CT molecular complexity index is 491. The fourth-order valence-electron chi connectivity index (χ4n) is 2.30. The molecule has 1 fully saturated rings. The molecule has 4 heteroatoms. The number of alkyl halides is 1. The monoisotopic (exact) mass is 323 g/mol. The van der Waals surface area contributed by atoms with Gasteiger partial charge in [0.05, 0.1) is 5.57 Å². The third-order valence-electron chi connectivity index (χ3n) is 3.46. The van der Waals surface area contributed by atoms with Gasteiger partial charge in [-0.1, -0.05) is 32.9 Å². The second-order valence-corrected chi connectivity index (χ2v) is 7.30. The number of halogens is 1. The highest BCUT2D eigenvalue weighted by Gasteiger charge is 2.35. The molecule has 1 rings (SSSR count). The first-order valence-corrected chi connectivity index (χ1v) is 8.22. The molecule has 0 aromatic heterocycles. The Labute approximate surface area is 138 Å². The van der Waals surface area contributed by atoms with Crippen molar-refractivity contribution >= 4 is 23.2 Å². The van der Waals surface area contributed by atoms with Crippen LogP contribution >= 0.6 is 11.6 Å². The van der Waals surface area contributed by atoms with E-state index in [1.165, 1.54) is 0 Å². The van der Waals surface area contributed by atoms with E-state index < -0.39 is 0 Å². The summed E-state index contributed by atoms with van der Waals surface area (Å²) < 4.78 is 0. The lowest BCUT2D eigenvalue weighted by atomic mass is 9.74. The van der Waals surface area contributed by atoms with Gasteiger partial charge in [0.25, 0.3) is 0 Å². The molecule has 0 aliphatic heterocycles. The van der Waals surface area contributed by atoms with E-state index in [1.54, 1.807) is 6.20 Å². The van der Waals surface area contributed by atoms with Crippen molar-refractivity contribution in [1.82, 2.24) is 5.32 Å². The van der Waals surface area contributed by atoms with Crippen LogP contribution in [0.5, 0.6) is 0 Å². The van der Waals surface area contributed by atoms with Crippen LogP contribution in [0.2, 0.25) is 0 Å². The van der Waals surface area contributed by atoms with Gasteiger partial charge in [-0.2, -0.15) is 0 Å². The average Bonchev–Trinajstić information content (AvgIpc) is 2.38. The van der Waals surface area contributed by atoms with E-state index in [0.717, 1.165) is 18.5 Å². The number of rotatable bonds is 6. The fraction of sp³-hybridized carbons (Fsp3) is 0.556. The number of ketones is 2. The summed E-state index contributed by atoms with van der Waals surface area (Å²) >= 11 is 5.96. The first kappa shape index (κ1) is 18.7. The van der Waals surface area contributed by atoms with Crippen LogP contribution in [0.3, 0.4) is 0 Å². The van der Waals surface area contributed by atoms with Crippen molar-refractivity contribution in [3.05, 3.63) is 35.7 Å². The molecule has 0 amide bonds. The lowest BCUT2D eigenvalue weighted by Crippen LogP contribution is -2.32. The summed E-state index contributed by atoms with van der Waals surface area (Å²) in [4.78, 5) is 24.3. The molecule has 0 saturated heterocycles. The second-order valence-electron chi connectivity index (χ2n) is 6.55. The molecule has 1 saturated carbocycles. The zero-order valence-corrected chi connectivity index (χ0v) is 14.7. The van der Waals surface area contributed by atoms with Gasteiger partial charge >= 0.3 is 0 Å². The van der Waals surface area contributed by atoms with Crippen LogP contribution in [0.25, 0.3) is 0 Å². The number of carbonyl (C=O) groups excluding carboxylic acids is 2. The Kier molecular flexibility index (Phi) is 7.08. The van der Waals surface area contributed by atoms with Gasteiger partial charge < -0.3 is 5.32 Å². The third-order valence-corrected chi connectivity index (χ3v) is 3.64. The van der Waals surface area contributed by atoms with E-state index in [2.05, 4.69) is 5.32 Å². The standard InChI is InChI=1S/C18H26ClNO2/c1-5-6-7-14(9-8-13(2)19)20-12-15-16(21)10-18(3,4)11-17(15)22/h6-7,9,12-13,20H,5,8,10-11H2,1-4H3/b7-6-,14-9+. The molecule has 1 aliphatic rings. The molecule has 122 valence electrons. The van der Waals surface area contributed by atoms with Gasteiger partial charge in [-0.3, -0.25) is 9.59 Å². The highest BCUT2D eigenvalue weighted by atomic mass is 35.5. The van der Waals surface area contributed by atoms with Gasteiger partial charge in [-0.15, -0.1) is 11.6 Å². The van der Waals surface area contributed by atoms with Crippen LogP contribution in [0, 0.1) is 5.41 Å². The van der Waals surface area contributed by atoms with E-state index in [1.807, 2.05) is 45.9 Å². The summed E-state index contributed by atoms with van der Waals surface area (Å²) in [6, 6.07) is 0. The van der Waals surface area contributed by atoms with Crippen LogP contribution in [-0.2, 0) is 9.59 Å². The van der Waals surface area contributed by atoms with Gasteiger partial charge in [0, 0.05) is 30.1 Å². The molecule has 0 spiro atoms. The smallest absolute Gasteiger partial charge is 0.168 e. The number of allylic oxidation sites excluding steroid dienone is 4. The van der Waals surface area contributed by atoms with Gasteiger partial charge in [0.2, 0.25) is 0 Å². The van der Waals surface area contributed by atoms with Crippen molar-refractivity contribution in [3.63, 3.8) is 0 Å². The maximum absolute atomic E-state index is 12.1. The normalized spacial score (nSPS) is 20.4. The summed E-state index contributed by atoms with van der Waals surface area (Å²) in [6.45, 7) is 7.87.